The first kappa shape index (κ1) is 63.0. The van der Waals surface area contributed by atoms with Crippen molar-refractivity contribution >= 4 is 0 Å². The molecule has 3 aromatic carbocycles. The van der Waals surface area contributed by atoms with Crippen LogP contribution in [0.5, 0.6) is 17.2 Å². The third kappa shape index (κ3) is 11.0. The zero-order valence-electron chi connectivity index (χ0n) is 53.0. The van der Waals surface area contributed by atoms with E-state index in [9.17, 15) is 15.3 Å². The lowest BCUT2D eigenvalue weighted by molar-refractivity contribution is 0.206. The van der Waals surface area contributed by atoms with Crippen LogP contribution in [0, 0.1) is 32.5 Å². The fourth-order valence-electron chi connectivity index (χ4n) is 9.28. The Morgan fingerprint density at radius 3 is 0.493 bits per heavy atom. The van der Waals surface area contributed by atoms with Crippen LogP contribution in [0.25, 0.3) is 0 Å². The van der Waals surface area contributed by atoms with Gasteiger partial charge in [-0.05, 0) is 118 Å². The lowest BCUT2D eigenvalue weighted by Gasteiger charge is -2.44. The zero-order chi connectivity index (χ0) is 58.8. The van der Waals surface area contributed by atoms with E-state index in [1.165, 1.54) is 13.7 Å². The van der Waals surface area contributed by atoms with Gasteiger partial charge in [0.25, 0.3) is 0 Å². The fourth-order valence-corrected chi connectivity index (χ4v) is 9.28. The average Bonchev–Trinajstić information content (AvgIpc) is 3.21. The molecule has 0 amide bonds. The maximum absolute atomic E-state index is 15.5. The van der Waals surface area contributed by atoms with Crippen molar-refractivity contribution in [3.63, 3.8) is 0 Å². The highest BCUT2D eigenvalue weighted by molar-refractivity contribution is 5.54. The molecule has 0 fully saturated rings. The number of rotatable bonds is 12. The van der Waals surface area contributed by atoms with Crippen LogP contribution in [-0.2, 0) is 52.1 Å². The fraction of sp³-hybridized carbons (Fsp3) is 0.682. The van der Waals surface area contributed by atoms with Crippen molar-refractivity contribution in [1.82, 2.24) is 13.7 Å². The second-order valence-electron chi connectivity index (χ2n) is 32.0. The van der Waals surface area contributed by atoms with Gasteiger partial charge in [0.1, 0.15) is 17.2 Å². The second kappa shape index (κ2) is 19.1. The Hall–Kier alpha value is -4.53. The highest BCUT2D eigenvalue weighted by atomic mass is 16.3. The van der Waals surface area contributed by atoms with Crippen molar-refractivity contribution in [3.05, 3.63) is 118 Å². The summed E-state index contributed by atoms with van der Waals surface area (Å²) in [5.74, 6) is 0.580. The van der Waals surface area contributed by atoms with E-state index < -0.39 is 49.6 Å². The third-order valence-electron chi connectivity index (χ3n) is 21.2. The standard InChI is InChI=1S/C66H105N3O6/c1-55(2,3)61(19,20)43-31-40(32-44(49(43)70)62(21,22)56(4,5)6)37-67-52(73)68(38-41-33-45(63(23,24)57(7,8)9)50(71)46(34-41)64(25,26)58(10,11)12)54(75)69(53(67)74)39-42-35-47(65(27,28)59(13,14)15)51(72)48(36-42)66(29,30)60(16,17)18/h31-36,70-72H,37-39H2,1-30H3. The first-order chi connectivity index (χ1) is 33.0. The molecule has 75 heavy (non-hydrogen) atoms. The molecular formula is C66H105N3O6. The zero-order valence-corrected chi connectivity index (χ0v) is 53.0. The molecule has 3 N–H and O–H groups in total. The SMILES string of the molecule is CC(C)(C)C(C)(C)c1cc(Cn2c(=O)n(Cc3cc(C(C)(C)C(C)(C)C)c(O)c(C(C)(C)C(C)(C)C)c3)c(=O)n(Cc3cc(C(C)(C)C(C)(C)C)c(O)c(C(C)(C)C(C)(C)C)c3)c2=O)cc(C(C)(C)C(C)(C)C)c1O. The van der Waals surface area contributed by atoms with E-state index in [0.717, 1.165) is 0 Å². The maximum atomic E-state index is 15.5. The van der Waals surface area contributed by atoms with Crippen molar-refractivity contribution in [2.24, 2.45) is 32.5 Å². The van der Waals surface area contributed by atoms with Crippen LogP contribution in [-0.4, -0.2) is 29.0 Å². The van der Waals surface area contributed by atoms with Gasteiger partial charge in [0, 0.05) is 33.4 Å². The van der Waals surface area contributed by atoms with Crippen LogP contribution in [0.15, 0.2) is 50.8 Å². The smallest absolute Gasteiger partial charge is 0.336 e. The molecule has 0 aliphatic carbocycles. The van der Waals surface area contributed by atoms with Crippen LogP contribution in [0.3, 0.4) is 0 Å². The topological polar surface area (TPSA) is 127 Å². The Kier molecular flexibility index (Phi) is 16.1. The van der Waals surface area contributed by atoms with Crippen molar-refractivity contribution in [2.75, 3.05) is 0 Å². The number of hydrogen-bond acceptors (Lipinski definition) is 6. The molecular weight excluding hydrogens is 931 g/mol. The van der Waals surface area contributed by atoms with Crippen LogP contribution in [0.2, 0.25) is 0 Å². The molecule has 0 radical (unpaired) electrons. The van der Waals surface area contributed by atoms with E-state index in [4.69, 9.17) is 0 Å². The van der Waals surface area contributed by atoms with Crippen LogP contribution >= 0.6 is 0 Å². The van der Waals surface area contributed by atoms with Crippen LogP contribution < -0.4 is 17.1 Å². The molecule has 9 heteroatoms. The van der Waals surface area contributed by atoms with Gasteiger partial charge in [-0.3, -0.25) is 0 Å². The van der Waals surface area contributed by atoms with E-state index in [1.54, 1.807) is 0 Å². The molecule has 4 aromatic rings. The summed E-state index contributed by atoms with van der Waals surface area (Å²) in [5, 5.41) is 37.1. The quantitative estimate of drug-likeness (QED) is 0.130. The Morgan fingerprint density at radius 2 is 0.387 bits per heavy atom. The van der Waals surface area contributed by atoms with Gasteiger partial charge in [-0.15, -0.1) is 0 Å². The maximum Gasteiger partial charge on any atom is 0.336 e. The van der Waals surface area contributed by atoms with Crippen molar-refractivity contribution < 1.29 is 15.3 Å². The summed E-state index contributed by atoms with van der Waals surface area (Å²) in [7, 11) is 0. The largest absolute Gasteiger partial charge is 0.507 e. The molecule has 9 nitrogen and oxygen atoms in total. The third-order valence-corrected chi connectivity index (χ3v) is 21.2. The lowest BCUT2D eigenvalue weighted by atomic mass is 9.61. The summed E-state index contributed by atoms with van der Waals surface area (Å²) in [6.07, 6.45) is 0. The number of benzene rings is 3. The number of phenolic OH excluding ortho intramolecular Hbond substituents is 3. The molecule has 420 valence electrons. The van der Waals surface area contributed by atoms with Crippen molar-refractivity contribution in [3.8, 4) is 17.2 Å². The first-order valence-electron chi connectivity index (χ1n) is 27.6. The van der Waals surface area contributed by atoms with Gasteiger partial charge in [0.05, 0.1) is 19.6 Å². The summed E-state index contributed by atoms with van der Waals surface area (Å²) in [4.78, 5) is 46.6. The summed E-state index contributed by atoms with van der Waals surface area (Å²) >= 11 is 0. The minimum absolute atomic E-state index is 0.181. The van der Waals surface area contributed by atoms with E-state index in [0.29, 0.717) is 50.1 Å². The van der Waals surface area contributed by atoms with E-state index in [1.807, 2.05) is 36.4 Å². The van der Waals surface area contributed by atoms with Gasteiger partial charge in [-0.1, -0.05) is 208 Å². The van der Waals surface area contributed by atoms with Gasteiger partial charge in [0.2, 0.25) is 0 Å². The van der Waals surface area contributed by atoms with Gasteiger partial charge < -0.3 is 15.3 Å². The lowest BCUT2D eigenvalue weighted by Crippen LogP contribution is -2.55. The van der Waals surface area contributed by atoms with Gasteiger partial charge in [-0.25, -0.2) is 28.1 Å². The predicted octanol–water partition coefficient (Wildman–Crippen LogP) is 15.4. The number of nitrogens with zero attached hydrogens (tertiary/aromatic N) is 3. The number of hydrogen-bond donors (Lipinski definition) is 3. The van der Waals surface area contributed by atoms with Crippen LogP contribution in [0.4, 0.5) is 0 Å². The van der Waals surface area contributed by atoms with E-state index in [2.05, 4.69) is 208 Å². The first-order valence-corrected chi connectivity index (χ1v) is 27.6. The molecule has 0 spiro atoms. The molecule has 4 rings (SSSR count). The molecule has 1 aromatic heterocycles. The highest BCUT2D eigenvalue weighted by Gasteiger charge is 2.45. The van der Waals surface area contributed by atoms with E-state index >= 15 is 14.4 Å². The van der Waals surface area contributed by atoms with Gasteiger partial charge in [0.15, 0.2) is 0 Å². The summed E-state index contributed by atoms with van der Waals surface area (Å²) in [6.45, 7) is 63.4. The monoisotopic (exact) mass is 1040 g/mol. The van der Waals surface area contributed by atoms with E-state index in [-0.39, 0.29) is 69.4 Å². The Morgan fingerprint density at radius 1 is 0.267 bits per heavy atom. The number of aromatic nitrogens is 3. The normalized spacial score (nSPS) is 14.5. The molecule has 0 unspecified atom stereocenters. The van der Waals surface area contributed by atoms with Crippen molar-refractivity contribution in [1.29, 1.82) is 0 Å². The molecule has 0 aliphatic heterocycles. The predicted molar refractivity (Wildman–Crippen MR) is 316 cm³/mol. The van der Waals surface area contributed by atoms with Gasteiger partial charge >= 0.3 is 17.1 Å². The van der Waals surface area contributed by atoms with Gasteiger partial charge in [-0.2, -0.15) is 0 Å². The molecule has 0 bridgehead atoms. The summed E-state index contributed by atoms with van der Waals surface area (Å²) in [5.41, 5.74) is -1.34. The van der Waals surface area contributed by atoms with Crippen molar-refractivity contribution in [2.45, 2.75) is 260 Å². The minimum atomic E-state index is -0.765. The molecule has 0 saturated carbocycles. The number of phenols is 3. The van der Waals surface area contributed by atoms with Crippen LogP contribution in [0.1, 0.15) is 258 Å². The number of aromatic hydroxyl groups is 3. The summed E-state index contributed by atoms with van der Waals surface area (Å²) in [6, 6.07) is 11.6. The highest BCUT2D eigenvalue weighted by Crippen LogP contribution is 2.54. The molecule has 0 atom stereocenters. The molecule has 0 saturated heterocycles. The Labute approximate surface area is 454 Å². The Balaban J connectivity index is 2.31. The summed E-state index contributed by atoms with van der Waals surface area (Å²) < 4.78 is 3.53. The second-order valence-corrected chi connectivity index (χ2v) is 32.0. The molecule has 1 heterocycles. The Bertz CT molecular complexity index is 2500. The average molecular weight is 1040 g/mol. The minimum Gasteiger partial charge on any atom is -0.507 e. The molecule has 0 aliphatic rings.